The van der Waals surface area contributed by atoms with Crippen molar-refractivity contribution in [2.75, 3.05) is 27.2 Å². The largest absolute Gasteiger partial charge is 0.327 e. The summed E-state index contributed by atoms with van der Waals surface area (Å²) in [5.74, 6) is 0.478. The fourth-order valence-electron chi connectivity index (χ4n) is 4.50. The molecule has 1 aromatic heterocycles. The summed E-state index contributed by atoms with van der Waals surface area (Å²) in [4.78, 5) is 36.6. The maximum absolute atomic E-state index is 13.9. The molecular formula is C30H33ClN4O2. The highest BCUT2D eigenvalue weighted by Crippen LogP contribution is 2.27. The van der Waals surface area contributed by atoms with Crippen molar-refractivity contribution in [3.8, 4) is 0 Å². The number of aryl methyl sites for hydroxylation is 1. The summed E-state index contributed by atoms with van der Waals surface area (Å²) < 4.78 is 1.71. The molecule has 1 atom stereocenters. The summed E-state index contributed by atoms with van der Waals surface area (Å²) >= 11 is 6.28. The minimum Gasteiger partial charge on any atom is -0.327 e. The standard InChI is InChI=1S/C30H33ClN4O2/c1-5-27(34(18-17-33(3)4)29(36)23-13-11-21(2)12-14-23)28-32-26-19-24(31)15-16-25(26)30(37)35(28)20-22-9-7-6-8-10-22/h6-16,19,27H,5,17-18,20H2,1-4H3. The van der Waals surface area contributed by atoms with Gasteiger partial charge in [-0.3, -0.25) is 14.2 Å². The van der Waals surface area contributed by atoms with Crippen molar-refractivity contribution < 1.29 is 4.79 Å². The summed E-state index contributed by atoms with van der Waals surface area (Å²) in [6.45, 7) is 5.55. The minimum atomic E-state index is -0.409. The van der Waals surface area contributed by atoms with E-state index in [1.807, 2.05) is 92.3 Å². The first kappa shape index (κ1) is 26.6. The number of hydrogen-bond donors (Lipinski definition) is 0. The van der Waals surface area contributed by atoms with Crippen molar-refractivity contribution in [3.05, 3.63) is 111 Å². The highest BCUT2D eigenvalue weighted by Gasteiger charge is 2.29. The van der Waals surface area contributed by atoms with Crippen LogP contribution in [0.25, 0.3) is 10.9 Å². The van der Waals surface area contributed by atoms with Gasteiger partial charge in [0.05, 0.1) is 23.5 Å². The fourth-order valence-corrected chi connectivity index (χ4v) is 4.66. The quantitative estimate of drug-likeness (QED) is 0.292. The van der Waals surface area contributed by atoms with E-state index >= 15 is 0 Å². The molecular weight excluding hydrogens is 484 g/mol. The van der Waals surface area contributed by atoms with Gasteiger partial charge in [-0.1, -0.05) is 66.6 Å². The van der Waals surface area contributed by atoms with Crippen LogP contribution in [0.4, 0.5) is 0 Å². The fraction of sp³-hybridized carbons (Fsp3) is 0.300. The van der Waals surface area contributed by atoms with Gasteiger partial charge in [0.15, 0.2) is 0 Å². The average molecular weight is 517 g/mol. The second kappa shape index (κ2) is 11.7. The average Bonchev–Trinajstić information content (AvgIpc) is 2.88. The number of carbonyl (C=O) groups is 1. The van der Waals surface area contributed by atoms with Gasteiger partial charge in [-0.25, -0.2) is 4.98 Å². The van der Waals surface area contributed by atoms with Gasteiger partial charge >= 0.3 is 0 Å². The Morgan fingerprint density at radius 1 is 1.00 bits per heavy atom. The normalized spacial score (nSPS) is 12.2. The maximum atomic E-state index is 13.9. The van der Waals surface area contributed by atoms with E-state index < -0.39 is 6.04 Å². The number of fused-ring (bicyclic) bond motifs is 1. The second-order valence-electron chi connectivity index (χ2n) is 9.60. The van der Waals surface area contributed by atoms with E-state index in [0.29, 0.717) is 53.4 Å². The number of hydrogen-bond acceptors (Lipinski definition) is 4. The molecule has 0 radical (unpaired) electrons. The SMILES string of the molecule is CCC(c1nc2cc(Cl)ccc2c(=O)n1Cc1ccccc1)N(CCN(C)C)C(=O)c1ccc(C)cc1. The second-order valence-corrected chi connectivity index (χ2v) is 10.0. The van der Waals surface area contributed by atoms with Gasteiger partial charge in [0.2, 0.25) is 0 Å². The third-order valence-electron chi connectivity index (χ3n) is 6.54. The van der Waals surface area contributed by atoms with Crippen LogP contribution in [-0.4, -0.2) is 52.4 Å². The van der Waals surface area contributed by atoms with Crippen molar-refractivity contribution in [2.24, 2.45) is 0 Å². The molecule has 1 amide bonds. The van der Waals surface area contributed by atoms with Crippen LogP contribution in [0.2, 0.25) is 5.02 Å². The summed E-state index contributed by atoms with van der Waals surface area (Å²) in [7, 11) is 3.97. The molecule has 0 aliphatic rings. The number of halogens is 1. The minimum absolute atomic E-state index is 0.0830. The molecule has 37 heavy (non-hydrogen) atoms. The number of aromatic nitrogens is 2. The van der Waals surface area contributed by atoms with E-state index in [0.717, 1.165) is 11.1 Å². The molecule has 0 saturated carbocycles. The van der Waals surface area contributed by atoms with Crippen LogP contribution in [0.3, 0.4) is 0 Å². The van der Waals surface area contributed by atoms with Gasteiger partial charge in [-0.05, 0) is 63.3 Å². The predicted molar refractivity (Wildman–Crippen MR) is 150 cm³/mol. The first-order valence-corrected chi connectivity index (χ1v) is 12.9. The molecule has 0 fully saturated rings. The number of likely N-dealkylation sites (N-methyl/N-ethyl adjacent to an activating group) is 1. The van der Waals surface area contributed by atoms with Crippen molar-refractivity contribution in [3.63, 3.8) is 0 Å². The molecule has 0 spiro atoms. The molecule has 3 aromatic carbocycles. The molecule has 4 rings (SSSR count). The molecule has 0 aliphatic heterocycles. The van der Waals surface area contributed by atoms with Crippen molar-refractivity contribution in [1.82, 2.24) is 19.4 Å². The Balaban J connectivity index is 1.89. The molecule has 4 aromatic rings. The lowest BCUT2D eigenvalue weighted by Gasteiger charge is -2.33. The maximum Gasteiger partial charge on any atom is 0.261 e. The highest BCUT2D eigenvalue weighted by molar-refractivity contribution is 6.31. The van der Waals surface area contributed by atoms with Gasteiger partial charge in [0, 0.05) is 23.7 Å². The van der Waals surface area contributed by atoms with Gasteiger partial charge < -0.3 is 9.80 Å². The van der Waals surface area contributed by atoms with Gasteiger partial charge in [0.1, 0.15) is 5.82 Å². The number of rotatable bonds is 9. The summed E-state index contributed by atoms with van der Waals surface area (Å²) in [5, 5.41) is 1.02. The van der Waals surface area contributed by atoms with Crippen molar-refractivity contribution in [2.45, 2.75) is 32.9 Å². The van der Waals surface area contributed by atoms with Crippen LogP contribution in [0.1, 0.15) is 46.7 Å². The van der Waals surface area contributed by atoms with Crippen LogP contribution < -0.4 is 5.56 Å². The molecule has 7 heteroatoms. The highest BCUT2D eigenvalue weighted by atomic mass is 35.5. The Kier molecular flexibility index (Phi) is 8.41. The number of benzene rings is 3. The number of amides is 1. The van der Waals surface area contributed by atoms with E-state index in [4.69, 9.17) is 16.6 Å². The molecule has 1 heterocycles. The lowest BCUT2D eigenvalue weighted by molar-refractivity contribution is 0.0642. The van der Waals surface area contributed by atoms with Crippen molar-refractivity contribution >= 4 is 28.4 Å². The zero-order valence-corrected chi connectivity index (χ0v) is 22.6. The van der Waals surface area contributed by atoms with Crippen LogP contribution >= 0.6 is 11.6 Å². The monoisotopic (exact) mass is 516 g/mol. The Morgan fingerprint density at radius 2 is 1.70 bits per heavy atom. The van der Waals surface area contributed by atoms with Crippen LogP contribution in [0, 0.1) is 6.92 Å². The van der Waals surface area contributed by atoms with Crippen molar-refractivity contribution in [1.29, 1.82) is 0 Å². The first-order chi connectivity index (χ1) is 17.8. The zero-order valence-electron chi connectivity index (χ0n) is 21.8. The molecule has 0 bridgehead atoms. The van der Waals surface area contributed by atoms with Crippen LogP contribution in [-0.2, 0) is 6.54 Å². The lowest BCUT2D eigenvalue weighted by atomic mass is 10.1. The summed E-state index contributed by atoms with van der Waals surface area (Å²) in [6.07, 6.45) is 0.596. The van der Waals surface area contributed by atoms with Gasteiger partial charge in [0.25, 0.3) is 11.5 Å². The predicted octanol–water partition coefficient (Wildman–Crippen LogP) is 5.56. The van der Waals surface area contributed by atoms with Crippen LogP contribution in [0.5, 0.6) is 0 Å². The smallest absolute Gasteiger partial charge is 0.261 e. The molecule has 0 N–H and O–H groups in total. The third kappa shape index (κ3) is 6.09. The van der Waals surface area contributed by atoms with Gasteiger partial charge in [-0.15, -0.1) is 0 Å². The van der Waals surface area contributed by atoms with E-state index in [1.165, 1.54) is 0 Å². The van der Waals surface area contributed by atoms with E-state index in [1.54, 1.807) is 22.8 Å². The lowest BCUT2D eigenvalue weighted by Crippen LogP contribution is -2.42. The molecule has 1 unspecified atom stereocenters. The number of nitrogens with zero attached hydrogens (tertiary/aromatic N) is 4. The zero-order chi connectivity index (χ0) is 26.5. The Hall–Kier alpha value is -3.48. The molecule has 0 aliphatic carbocycles. The Bertz CT molecular complexity index is 1430. The molecule has 192 valence electrons. The number of carbonyl (C=O) groups excluding carboxylic acids is 1. The third-order valence-corrected chi connectivity index (χ3v) is 6.77. The van der Waals surface area contributed by atoms with Gasteiger partial charge in [-0.2, -0.15) is 0 Å². The first-order valence-electron chi connectivity index (χ1n) is 12.5. The Labute approximate surface area is 223 Å². The Morgan fingerprint density at radius 3 is 2.35 bits per heavy atom. The van der Waals surface area contributed by atoms with Crippen LogP contribution in [0.15, 0.2) is 77.6 Å². The van der Waals surface area contributed by atoms with E-state index in [2.05, 4.69) is 0 Å². The van der Waals surface area contributed by atoms with E-state index in [9.17, 15) is 9.59 Å². The molecule has 0 saturated heterocycles. The summed E-state index contributed by atoms with van der Waals surface area (Å²) in [6, 6.07) is 22.2. The topological polar surface area (TPSA) is 58.4 Å². The van der Waals surface area contributed by atoms with E-state index in [-0.39, 0.29) is 11.5 Å². The summed E-state index contributed by atoms with van der Waals surface area (Å²) in [5.41, 5.74) is 3.08. The molecule has 6 nitrogen and oxygen atoms in total.